The summed E-state index contributed by atoms with van der Waals surface area (Å²) < 4.78 is 0. The number of hydrogen-bond donors (Lipinski definition) is 0. The van der Waals surface area contributed by atoms with Crippen LogP contribution in [0.1, 0.15) is 98.6 Å². The van der Waals surface area contributed by atoms with Gasteiger partial charge in [-0.1, -0.05) is 115 Å². The Balaban J connectivity index is 0.000000179. The maximum Gasteiger partial charge on any atom is 0.0449 e. The summed E-state index contributed by atoms with van der Waals surface area (Å²) in [4.78, 5) is 16.9. The minimum atomic E-state index is 1.11. The highest BCUT2D eigenvalue weighted by molar-refractivity contribution is 7.24. The largest absolute Gasteiger partial charge is 0.140 e. The number of aryl methyl sites for hydroxylation is 4. The molecule has 0 saturated heterocycles. The molecule has 6 heteroatoms. The van der Waals surface area contributed by atoms with E-state index in [-0.39, 0.29) is 0 Å². The average Bonchev–Trinajstić information content (AvgIpc) is 4.31. The molecule has 372 valence electrons. The number of hydrogen-bond acceptors (Lipinski definition) is 6. The van der Waals surface area contributed by atoms with Crippen LogP contribution in [0.15, 0.2) is 170 Å². The summed E-state index contributed by atoms with van der Waals surface area (Å²) in [6, 6.07) is 64.6. The third kappa shape index (κ3) is 11.7. The summed E-state index contributed by atoms with van der Waals surface area (Å²) in [5, 5.41) is 10.4. The molecule has 0 amide bonds. The quantitative estimate of drug-likeness (QED) is 0.0593. The number of benzene rings is 6. The Morgan fingerprint density at radius 1 is 0.230 bits per heavy atom. The van der Waals surface area contributed by atoms with Gasteiger partial charge in [0, 0.05) is 58.5 Å². The second kappa shape index (κ2) is 23.6. The van der Waals surface area contributed by atoms with Gasteiger partial charge in [-0.25, -0.2) is 0 Å². The number of thiophene rings is 6. The van der Waals surface area contributed by atoms with Crippen LogP contribution < -0.4 is 0 Å². The molecule has 0 saturated carbocycles. The maximum absolute atomic E-state index is 2.37. The Labute approximate surface area is 462 Å². The van der Waals surface area contributed by atoms with Crippen LogP contribution in [0.3, 0.4) is 0 Å². The van der Waals surface area contributed by atoms with Crippen molar-refractivity contribution in [3.8, 4) is 61.3 Å². The van der Waals surface area contributed by atoms with Gasteiger partial charge < -0.3 is 0 Å². The summed E-state index contributed by atoms with van der Waals surface area (Å²) in [5.41, 5.74) is 5.25. The molecule has 6 aromatic carbocycles. The van der Waals surface area contributed by atoms with E-state index in [1.807, 2.05) is 68.0 Å². The standard InChI is InChI=1S/C42H42S4.C26H22S2/c1-3-5-7-9-11-35-17-19-39(43-35)41-23-21-37(45-41)31-15-13-29-26-34-28-32(16-14-30(34)25-33(29)27-31)38-22-24-42(46-38)40-20-18-36(44-40)12-10-8-6-4-2;1-3-23-9-11-25(27-23)19-7-5-17-14-22-16-20(26-12-10-24(4-2)28-26)8-6-18(22)13-21(17)15-19/h13-28H,3-12H2,1-2H3;5-16H,3-4H2,1-2H3. The minimum absolute atomic E-state index is 1.11. The van der Waals surface area contributed by atoms with E-state index < -0.39 is 0 Å². The molecule has 0 aliphatic carbocycles. The van der Waals surface area contributed by atoms with Gasteiger partial charge in [0.1, 0.15) is 0 Å². The molecular formula is C68H64S6. The van der Waals surface area contributed by atoms with Crippen LogP contribution >= 0.6 is 68.0 Å². The van der Waals surface area contributed by atoms with Gasteiger partial charge in [0.15, 0.2) is 0 Å². The third-order valence-electron chi connectivity index (χ3n) is 14.3. The summed E-state index contributed by atoms with van der Waals surface area (Å²) in [6.07, 6.45) is 15.2. The van der Waals surface area contributed by atoms with E-state index >= 15 is 0 Å². The van der Waals surface area contributed by atoms with Crippen molar-refractivity contribution in [3.63, 3.8) is 0 Å². The Hall–Kier alpha value is -5.44. The predicted molar refractivity (Wildman–Crippen MR) is 337 cm³/mol. The van der Waals surface area contributed by atoms with Crippen molar-refractivity contribution in [2.45, 2.75) is 105 Å². The fourth-order valence-corrected chi connectivity index (χ4v) is 16.2. The zero-order chi connectivity index (χ0) is 50.4. The van der Waals surface area contributed by atoms with E-state index in [4.69, 9.17) is 0 Å². The molecule has 74 heavy (non-hydrogen) atoms. The topological polar surface area (TPSA) is 0 Å². The smallest absolute Gasteiger partial charge is 0.0449 e. The first-order chi connectivity index (χ1) is 36.4. The molecule has 12 aromatic rings. The van der Waals surface area contributed by atoms with E-state index in [1.54, 1.807) is 0 Å². The van der Waals surface area contributed by atoms with Gasteiger partial charge in [-0.15, -0.1) is 68.0 Å². The van der Waals surface area contributed by atoms with Gasteiger partial charge >= 0.3 is 0 Å². The van der Waals surface area contributed by atoms with E-state index in [0.29, 0.717) is 0 Å². The highest BCUT2D eigenvalue weighted by Gasteiger charge is 2.13. The van der Waals surface area contributed by atoms with Crippen LogP contribution in [0.25, 0.3) is 104 Å². The zero-order valence-corrected chi connectivity index (χ0v) is 48.0. The monoisotopic (exact) mass is 1070 g/mol. The van der Waals surface area contributed by atoms with Crippen molar-refractivity contribution in [2.75, 3.05) is 0 Å². The second-order valence-corrected chi connectivity index (χ2v) is 26.5. The molecular weight excluding hydrogens is 1010 g/mol. The van der Waals surface area contributed by atoms with Crippen LogP contribution in [0.4, 0.5) is 0 Å². The first kappa shape index (κ1) is 50.7. The summed E-state index contributed by atoms with van der Waals surface area (Å²) in [7, 11) is 0. The van der Waals surface area contributed by atoms with E-state index in [2.05, 4.69) is 198 Å². The molecule has 0 N–H and O–H groups in total. The fourth-order valence-electron chi connectivity index (χ4n) is 10.0. The first-order valence-corrected chi connectivity index (χ1v) is 31.8. The average molecular weight is 1070 g/mol. The van der Waals surface area contributed by atoms with Gasteiger partial charge in [-0.2, -0.15) is 0 Å². The first-order valence-electron chi connectivity index (χ1n) is 26.9. The minimum Gasteiger partial charge on any atom is -0.140 e. The Morgan fingerprint density at radius 2 is 0.514 bits per heavy atom. The van der Waals surface area contributed by atoms with Gasteiger partial charge in [-0.3, -0.25) is 0 Å². The lowest BCUT2D eigenvalue weighted by molar-refractivity contribution is 0.670. The van der Waals surface area contributed by atoms with Crippen LogP contribution in [0, 0.1) is 0 Å². The van der Waals surface area contributed by atoms with Crippen LogP contribution in [-0.4, -0.2) is 0 Å². The zero-order valence-electron chi connectivity index (χ0n) is 43.1. The molecule has 0 radical (unpaired) electrons. The Morgan fingerprint density at radius 3 is 0.851 bits per heavy atom. The molecule has 6 aromatic heterocycles. The number of rotatable bonds is 18. The van der Waals surface area contributed by atoms with E-state index in [0.717, 1.165) is 12.8 Å². The maximum atomic E-state index is 2.37. The van der Waals surface area contributed by atoms with Crippen molar-refractivity contribution in [1.29, 1.82) is 0 Å². The summed E-state index contributed by atoms with van der Waals surface area (Å²) >= 11 is 11.6. The van der Waals surface area contributed by atoms with Crippen molar-refractivity contribution < 1.29 is 0 Å². The van der Waals surface area contributed by atoms with Gasteiger partial charge in [0.05, 0.1) is 0 Å². The van der Waals surface area contributed by atoms with Gasteiger partial charge in [-0.05, 0) is 225 Å². The summed E-state index contributed by atoms with van der Waals surface area (Å²) in [6.45, 7) is 9.00. The lowest BCUT2D eigenvalue weighted by Gasteiger charge is -2.07. The normalized spacial score (nSPS) is 11.6. The predicted octanol–water partition coefficient (Wildman–Crippen LogP) is 23.7. The molecule has 0 bridgehead atoms. The molecule has 0 aliphatic heterocycles. The molecule has 0 aliphatic rings. The van der Waals surface area contributed by atoms with Crippen LogP contribution in [0.5, 0.6) is 0 Å². The van der Waals surface area contributed by atoms with Crippen molar-refractivity contribution in [2.24, 2.45) is 0 Å². The van der Waals surface area contributed by atoms with E-state index in [9.17, 15) is 0 Å². The highest BCUT2D eigenvalue weighted by atomic mass is 32.1. The SMILES string of the molecule is CCCCCCc1ccc(-c2ccc(-c3ccc4cc5cc(-c6ccc(-c7ccc(CCCCCC)s7)s6)ccc5cc4c3)s2)s1.CCc1ccc(-c2ccc3cc4cc(-c5ccc(CC)s5)ccc4cc3c2)s1. The lowest BCUT2D eigenvalue weighted by Crippen LogP contribution is -1.80. The molecule has 0 fully saturated rings. The van der Waals surface area contributed by atoms with Crippen molar-refractivity contribution >= 4 is 111 Å². The summed E-state index contributed by atoms with van der Waals surface area (Å²) in [5.74, 6) is 0. The molecule has 0 spiro atoms. The highest BCUT2D eigenvalue weighted by Crippen LogP contribution is 2.42. The van der Waals surface area contributed by atoms with Crippen molar-refractivity contribution in [3.05, 3.63) is 189 Å². The second-order valence-electron chi connectivity index (χ2n) is 19.7. The molecule has 12 rings (SSSR count). The van der Waals surface area contributed by atoms with Gasteiger partial charge in [0.25, 0.3) is 0 Å². The molecule has 0 unspecified atom stereocenters. The van der Waals surface area contributed by atoms with Crippen LogP contribution in [0.2, 0.25) is 0 Å². The lowest BCUT2D eigenvalue weighted by atomic mass is 9.99. The van der Waals surface area contributed by atoms with E-state index in [1.165, 1.54) is 188 Å². The molecule has 0 atom stereocenters. The number of unbranched alkanes of at least 4 members (excludes halogenated alkanes) is 6. The van der Waals surface area contributed by atoms with Crippen LogP contribution in [-0.2, 0) is 25.7 Å². The molecule has 6 heterocycles. The number of fused-ring (bicyclic) bond motifs is 4. The Kier molecular flexibility index (Phi) is 16.2. The third-order valence-corrected chi connectivity index (χ3v) is 21.8. The Bertz CT molecular complexity index is 3570. The van der Waals surface area contributed by atoms with Gasteiger partial charge in [0.2, 0.25) is 0 Å². The molecule has 0 nitrogen and oxygen atoms in total. The van der Waals surface area contributed by atoms with Crippen molar-refractivity contribution in [1.82, 2.24) is 0 Å². The fraction of sp³-hybridized carbons (Fsp3) is 0.235.